The summed E-state index contributed by atoms with van der Waals surface area (Å²) in [6.45, 7) is 8.08. The highest BCUT2D eigenvalue weighted by Gasteiger charge is 2.16. The molecule has 3 heterocycles. The number of nitrogens with one attached hydrogen (secondary N) is 1. The number of piperidine rings is 1. The monoisotopic (exact) mass is 397 g/mol. The van der Waals surface area contributed by atoms with Crippen molar-refractivity contribution in [1.29, 1.82) is 0 Å². The Labute approximate surface area is 174 Å². The van der Waals surface area contributed by atoms with Gasteiger partial charge in [0.1, 0.15) is 5.82 Å². The summed E-state index contributed by atoms with van der Waals surface area (Å²) in [6, 6.07) is 4.27. The van der Waals surface area contributed by atoms with Gasteiger partial charge in [0.05, 0.1) is 5.69 Å². The summed E-state index contributed by atoms with van der Waals surface area (Å²) in [5, 5.41) is 8.11. The fraction of sp³-hybridized carbons (Fsp3) is 0.591. The average molecular weight is 398 g/mol. The Bertz CT molecular complexity index is 818. The van der Waals surface area contributed by atoms with E-state index in [0.717, 1.165) is 43.7 Å². The summed E-state index contributed by atoms with van der Waals surface area (Å²) >= 11 is 0. The van der Waals surface area contributed by atoms with Gasteiger partial charge in [-0.15, -0.1) is 0 Å². The smallest absolute Gasteiger partial charge is 0.193 e. The molecule has 0 aliphatic carbocycles. The maximum absolute atomic E-state index is 4.61. The lowest BCUT2D eigenvalue weighted by molar-refractivity contribution is 0.473. The number of aryl methyl sites for hydroxylation is 1. The molecule has 0 bridgehead atoms. The summed E-state index contributed by atoms with van der Waals surface area (Å²) < 4.78 is 1.90. The van der Waals surface area contributed by atoms with Gasteiger partial charge in [-0.3, -0.25) is 9.67 Å². The molecule has 1 saturated heterocycles. The molecule has 158 valence electrons. The molecule has 0 atom stereocenters. The van der Waals surface area contributed by atoms with E-state index in [-0.39, 0.29) is 0 Å². The van der Waals surface area contributed by atoms with Crippen LogP contribution < -0.4 is 10.2 Å². The third-order valence-corrected chi connectivity index (χ3v) is 5.41. The number of hydrogen-bond donors (Lipinski definition) is 1. The molecule has 29 heavy (non-hydrogen) atoms. The zero-order valence-electron chi connectivity index (χ0n) is 18.5. The minimum Gasteiger partial charge on any atom is -0.357 e. The van der Waals surface area contributed by atoms with Crippen molar-refractivity contribution in [2.75, 3.05) is 32.1 Å². The number of aliphatic imine (C=N–C) groups is 1. The van der Waals surface area contributed by atoms with Crippen LogP contribution in [0.15, 0.2) is 29.5 Å². The first-order valence-electron chi connectivity index (χ1n) is 10.6. The van der Waals surface area contributed by atoms with Crippen molar-refractivity contribution < 1.29 is 0 Å². The summed E-state index contributed by atoms with van der Waals surface area (Å²) in [7, 11) is 5.88. The molecule has 1 fully saturated rings. The molecular formula is C22H35N7. The lowest BCUT2D eigenvalue weighted by Gasteiger charge is -2.28. The lowest BCUT2D eigenvalue weighted by atomic mass is 10.1. The standard InChI is InChI=1S/C22H35N7/c1-17(2)21-19(16-28(5)26-21)15-27(4)22(23-3)25-14-18-9-10-24-20(13-18)29-11-7-6-8-12-29/h9-10,13,16-17H,6-8,11-12,14-15H2,1-5H3,(H,23,25). The van der Waals surface area contributed by atoms with Crippen LogP contribution >= 0.6 is 0 Å². The summed E-state index contributed by atoms with van der Waals surface area (Å²) in [5.41, 5.74) is 3.61. The van der Waals surface area contributed by atoms with Crippen molar-refractivity contribution in [2.24, 2.45) is 12.0 Å². The van der Waals surface area contributed by atoms with Crippen molar-refractivity contribution in [3.63, 3.8) is 0 Å². The lowest BCUT2D eigenvalue weighted by Crippen LogP contribution is -2.38. The molecule has 0 spiro atoms. The highest BCUT2D eigenvalue weighted by atomic mass is 15.3. The molecule has 7 nitrogen and oxygen atoms in total. The molecule has 1 aliphatic heterocycles. The van der Waals surface area contributed by atoms with E-state index in [0.29, 0.717) is 5.92 Å². The molecule has 1 aliphatic rings. The Morgan fingerprint density at radius 3 is 2.72 bits per heavy atom. The van der Waals surface area contributed by atoms with Gasteiger partial charge in [0.25, 0.3) is 0 Å². The van der Waals surface area contributed by atoms with Crippen LogP contribution in [0.5, 0.6) is 0 Å². The number of rotatable bonds is 6. The van der Waals surface area contributed by atoms with Crippen LogP contribution in [0.3, 0.4) is 0 Å². The van der Waals surface area contributed by atoms with Crippen molar-refractivity contribution in [3.05, 3.63) is 41.3 Å². The van der Waals surface area contributed by atoms with Crippen LogP contribution in [0.4, 0.5) is 5.82 Å². The number of aromatic nitrogens is 3. The Kier molecular flexibility index (Phi) is 7.12. The second-order valence-corrected chi connectivity index (χ2v) is 8.19. The molecule has 0 saturated carbocycles. The van der Waals surface area contributed by atoms with Crippen molar-refractivity contribution >= 4 is 11.8 Å². The van der Waals surface area contributed by atoms with E-state index in [1.165, 1.54) is 30.4 Å². The van der Waals surface area contributed by atoms with E-state index in [2.05, 4.69) is 69.4 Å². The first kappa shape index (κ1) is 21.1. The van der Waals surface area contributed by atoms with Crippen LogP contribution in [-0.2, 0) is 20.1 Å². The highest BCUT2D eigenvalue weighted by Crippen LogP contribution is 2.20. The third kappa shape index (κ3) is 5.49. The third-order valence-electron chi connectivity index (χ3n) is 5.41. The molecule has 7 heteroatoms. The first-order chi connectivity index (χ1) is 14.0. The molecule has 0 aromatic carbocycles. The fourth-order valence-corrected chi connectivity index (χ4v) is 3.93. The zero-order valence-corrected chi connectivity index (χ0v) is 18.5. The second kappa shape index (κ2) is 9.76. The number of nitrogens with zero attached hydrogens (tertiary/aromatic N) is 6. The van der Waals surface area contributed by atoms with E-state index in [9.17, 15) is 0 Å². The largest absolute Gasteiger partial charge is 0.357 e. The van der Waals surface area contributed by atoms with Gasteiger partial charge in [0.15, 0.2) is 5.96 Å². The summed E-state index contributed by atoms with van der Waals surface area (Å²) in [6.07, 6.45) is 7.86. The van der Waals surface area contributed by atoms with Gasteiger partial charge in [-0.25, -0.2) is 4.98 Å². The molecule has 2 aromatic rings. The molecule has 1 N–H and O–H groups in total. The van der Waals surface area contributed by atoms with E-state index >= 15 is 0 Å². The van der Waals surface area contributed by atoms with E-state index in [1.54, 1.807) is 0 Å². The van der Waals surface area contributed by atoms with Gasteiger partial charge in [-0.1, -0.05) is 13.8 Å². The number of anilines is 1. The molecule has 2 aromatic heterocycles. The van der Waals surface area contributed by atoms with Gasteiger partial charge in [0.2, 0.25) is 0 Å². The average Bonchev–Trinajstić information content (AvgIpc) is 3.09. The topological polar surface area (TPSA) is 61.6 Å². The molecular weight excluding hydrogens is 362 g/mol. The number of pyridine rings is 1. The minimum atomic E-state index is 0.402. The van der Waals surface area contributed by atoms with Gasteiger partial charge in [-0.2, -0.15) is 5.10 Å². The Balaban J connectivity index is 1.62. The minimum absolute atomic E-state index is 0.402. The number of hydrogen-bond acceptors (Lipinski definition) is 4. The summed E-state index contributed by atoms with van der Waals surface area (Å²) in [4.78, 5) is 13.6. The highest BCUT2D eigenvalue weighted by molar-refractivity contribution is 5.79. The van der Waals surface area contributed by atoms with Gasteiger partial charge in [0, 0.05) is 65.3 Å². The van der Waals surface area contributed by atoms with E-state index in [1.807, 2.05) is 25.0 Å². The van der Waals surface area contributed by atoms with Crippen LogP contribution in [0.1, 0.15) is 55.8 Å². The van der Waals surface area contributed by atoms with Gasteiger partial charge in [-0.05, 0) is 42.9 Å². The maximum atomic E-state index is 4.61. The fourth-order valence-electron chi connectivity index (χ4n) is 3.93. The van der Waals surface area contributed by atoms with E-state index in [4.69, 9.17) is 0 Å². The normalized spacial score (nSPS) is 15.1. The Morgan fingerprint density at radius 1 is 1.28 bits per heavy atom. The maximum Gasteiger partial charge on any atom is 0.193 e. The summed E-state index contributed by atoms with van der Waals surface area (Å²) in [5.74, 6) is 2.36. The molecule has 0 amide bonds. The zero-order chi connectivity index (χ0) is 20.8. The molecule has 0 radical (unpaired) electrons. The number of guanidine groups is 1. The predicted molar refractivity (Wildman–Crippen MR) is 119 cm³/mol. The van der Waals surface area contributed by atoms with E-state index < -0.39 is 0 Å². The van der Waals surface area contributed by atoms with Gasteiger partial charge >= 0.3 is 0 Å². The van der Waals surface area contributed by atoms with Crippen molar-refractivity contribution in [1.82, 2.24) is 25.0 Å². The van der Waals surface area contributed by atoms with Gasteiger partial charge < -0.3 is 15.1 Å². The first-order valence-corrected chi connectivity index (χ1v) is 10.6. The Hall–Kier alpha value is -2.57. The van der Waals surface area contributed by atoms with Crippen LogP contribution in [0.25, 0.3) is 0 Å². The predicted octanol–water partition coefficient (Wildman–Crippen LogP) is 3.14. The SMILES string of the molecule is CN=C(NCc1ccnc(N2CCCCC2)c1)N(C)Cc1cn(C)nc1C(C)C. The Morgan fingerprint density at radius 2 is 2.03 bits per heavy atom. The molecule has 0 unspecified atom stereocenters. The molecule has 3 rings (SSSR count). The van der Waals surface area contributed by atoms with Crippen LogP contribution in [-0.4, -0.2) is 52.8 Å². The second-order valence-electron chi connectivity index (χ2n) is 8.19. The van der Waals surface area contributed by atoms with Crippen LogP contribution in [0.2, 0.25) is 0 Å². The van der Waals surface area contributed by atoms with Crippen molar-refractivity contribution in [2.45, 2.75) is 52.1 Å². The van der Waals surface area contributed by atoms with Crippen LogP contribution in [0, 0.1) is 0 Å². The van der Waals surface area contributed by atoms with Crippen molar-refractivity contribution in [3.8, 4) is 0 Å². The quantitative estimate of drug-likeness (QED) is 0.599.